The summed E-state index contributed by atoms with van der Waals surface area (Å²) in [5, 5.41) is 3.64. The Morgan fingerprint density at radius 3 is 2.65 bits per heavy atom. The van der Waals surface area contributed by atoms with E-state index in [2.05, 4.69) is 32.9 Å². The van der Waals surface area contributed by atoms with Gasteiger partial charge >= 0.3 is 5.97 Å². The zero-order chi connectivity index (χ0) is 18.5. The minimum Gasteiger partial charge on any atom is -0.467 e. The molecule has 0 radical (unpaired) electrons. The third kappa shape index (κ3) is 4.19. The number of nitrogens with one attached hydrogen (secondary N) is 1. The van der Waals surface area contributed by atoms with Crippen LogP contribution in [0.3, 0.4) is 0 Å². The van der Waals surface area contributed by atoms with Crippen molar-refractivity contribution in [3.63, 3.8) is 0 Å². The molecule has 0 bridgehead atoms. The van der Waals surface area contributed by atoms with Gasteiger partial charge in [-0.1, -0.05) is 36.4 Å². The maximum atomic E-state index is 12.6. The maximum absolute atomic E-state index is 12.6. The van der Waals surface area contributed by atoms with E-state index in [4.69, 9.17) is 4.74 Å². The van der Waals surface area contributed by atoms with E-state index in [0.717, 1.165) is 20.0 Å². The number of benzene rings is 2. The first-order valence-electron chi connectivity index (χ1n) is 8.05. The second-order valence-electron chi connectivity index (χ2n) is 5.76. The van der Waals surface area contributed by atoms with E-state index in [9.17, 15) is 9.59 Å². The number of ether oxygens (including phenoxy) is 1. The first-order valence-corrected chi connectivity index (χ1v) is 9.13. The van der Waals surface area contributed by atoms with Crippen molar-refractivity contribution < 1.29 is 14.3 Å². The summed E-state index contributed by atoms with van der Waals surface area (Å²) in [6.45, 7) is 0. The fourth-order valence-electron chi connectivity index (χ4n) is 2.66. The largest absolute Gasteiger partial charge is 0.467 e. The number of para-hydroxylation sites is 1. The molecule has 0 spiro atoms. The van der Waals surface area contributed by atoms with Crippen molar-refractivity contribution in [2.45, 2.75) is 12.5 Å². The van der Waals surface area contributed by atoms with E-state index in [1.54, 1.807) is 6.07 Å². The molecule has 0 fully saturated rings. The average Bonchev–Trinajstić information content (AvgIpc) is 2.68. The smallest absolute Gasteiger partial charge is 0.328 e. The number of halogens is 1. The lowest BCUT2D eigenvalue weighted by atomic mass is 10.1. The number of hydrogen-bond donors (Lipinski definition) is 1. The van der Waals surface area contributed by atoms with Gasteiger partial charge in [-0.2, -0.15) is 0 Å². The summed E-state index contributed by atoms with van der Waals surface area (Å²) in [5.74, 6) is -0.837. The topological polar surface area (TPSA) is 68.3 Å². The number of fused-ring (bicyclic) bond motifs is 1. The molecule has 0 aliphatic heterocycles. The second-order valence-corrected chi connectivity index (χ2v) is 6.92. The Morgan fingerprint density at radius 1 is 1.15 bits per heavy atom. The van der Waals surface area contributed by atoms with Crippen molar-refractivity contribution in [3.05, 3.63) is 75.5 Å². The highest BCUT2D eigenvalue weighted by atomic mass is 127. The number of carbonyl (C=O) groups excluding carboxylic acids is 2. The van der Waals surface area contributed by atoms with Crippen LogP contribution in [0.25, 0.3) is 10.9 Å². The second kappa shape index (κ2) is 8.27. The highest BCUT2D eigenvalue weighted by molar-refractivity contribution is 14.1. The van der Waals surface area contributed by atoms with Gasteiger partial charge in [0.25, 0.3) is 5.91 Å². The van der Waals surface area contributed by atoms with E-state index in [-0.39, 0.29) is 5.91 Å². The van der Waals surface area contributed by atoms with Gasteiger partial charge in [-0.05, 0) is 46.4 Å². The SMILES string of the molecule is COC(=O)[C@H](Cc1ccccc1I)NC(=O)c1cnc2ccccc2c1. The summed E-state index contributed by atoms with van der Waals surface area (Å²) >= 11 is 2.21. The van der Waals surface area contributed by atoms with Gasteiger partial charge in [0.15, 0.2) is 0 Å². The van der Waals surface area contributed by atoms with Gasteiger partial charge in [0, 0.05) is 21.6 Å². The molecule has 1 heterocycles. The summed E-state index contributed by atoms with van der Waals surface area (Å²) in [7, 11) is 1.31. The molecule has 0 unspecified atom stereocenters. The maximum Gasteiger partial charge on any atom is 0.328 e. The van der Waals surface area contributed by atoms with E-state index < -0.39 is 12.0 Å². The monoisotopic (exact) mass is 460 g/mol. The number of hydrogen-bond acceptors (Lipinski definition) is 4. The average molecular weight is 460 g/mol. The van der Waals surface area contributed by atoms with Crippen molar-refractivity contribution in [1.82, 2.24) is 10.3 Å². The Morgan fingerprint density at radius 2 is 1.88 bits per heavy atom. The number of esters is 1. The molecular weight excluding hydrogens is 443 g/mol. The highest BCUT2D eigenvalue weighted by Gasteiger charge is 2.23. The van der Waals surface area contributed by atoms with Crippen molar-refractivity contribution in [2.24, 2.45) is 0 Å². The fraction of sp³-hybridized carbons (Fsp3) is 0.150. The third-order valence-electron chi connectivity index (χ3n) is 4.03. The molecule has 0 saturated heterocycles. The van der Waals surface area contributed by atoms with Crippen LogP contribution in [0.4, 0.5) is 0 Å². The lowest BCUT2D eigenvalue weighted by Crippen LogP contribution is -2.43. The van der Waals surface area contributed by atoms with Gasteiger partial charge in [0.05, 0.1) is 18.2 Å². The van der Waals surface area contributed by atoms with Crippen LogP contribution in [0.2, 0.25) is 0 Å². The number of nitrogens with zero attached hydrogens (tertiary/aromatic N) is 1. The van der Waals surface area contributed by atoms with Gasteiger partial charge < -0.3 is 10.1 Å². The Balaban J connectivity index is 1.82. The predicted octanol–water partition coefficient (Wildman–Crippen LogP) is 3.35. The van der Waals surface area contributed by atoms with Crippen LogP contribution < -0.4 is 5.32 Å². The van der Waals surface area contributed by atoms with Crippen LogP contribution in [0.15, 0.2) is 60.8 Å². The molecule has 1 N–H and O–H groups in total. The van der Waals surface area contributed by atoms with Gasteiger partial charge in [-0.3, -0.25) is 9.78 Å². The molecule has 132 valence electrons. The molecule has 1 atom stereocenters. The first kappa shape index (κ1) is 18.3. The normalized spacial score (nSPS) is 11.8. The number of amides is 1. The van der Waals surface area contributed by atoms with Crippen molar-refractivity contribution >= 4 is 45.4 Å². The molecule has 3 rings (SSSR count). The van der Waals surface area contributed by atoms with E-state index in [1.807, 2.05) is 48.5 Å². The summed E-state index contributed by atoms with van der Waals surface area (Å²) in [4.78, 5) is 29.1. The number of rotatable bonds is 5. The molecule has 6 heteroatoms. The van der Waals surface area contributed by atoms with Crippen molar-refractivity contribution in [1.29, 1.82) is 0 Å². The number of pyridine rings is 1. The van der Waals surface area contributed by atoms with Crippen LogP contribution in [0.1, 0.15) is 15.9 Å². The molecular formula is C20H17IN2O3. The summed E-state index contributed by atoms with van der Waals surface area (Å²) in [6.07, 6.45) is 1.87. The summed E-state index contributed by atoms with van der Waals surface area (Å²) in [6, 6.07) is 16.3. The first-order chi connectivity index (χ1) is 12.6. The standard InChI is InChI=1S/C20H17IN2O3/c1-26-20(25)18(11-13-6-2-4-8-16(13)21)23-19(24)15-10-14-7-3-5-9-17(14)22-12-15/h2-10,12,18H,11H2,1H3,(H,23,24)/t18-/m0/s1. The molecule has 3 aromatic rings. The molecule has 1 aromatic heterocycles. The van der Waals surface area contributed by atoms with Gasteiger partial charge in [-0.25, -0.2) is 4.79 Å². The predicted molar refractivity (Wildman–Crippen MR) is 108 cm³/mol. The molecule has 0 saturated carbocycles. The van der Waals surface area contributed by atoms with E-state index in [1.165, 1.54) is 13.3 Å². The van der Waals surface area contributed by atoms with Crippen molar-refractivity contribution in [3.8, 4) is 0 Å². The number of methoxy groups -OCH3 is 1. The lowest BCUT2D eigenvalue weighted by Gasteiger charge is -2.17. The number of aromatic nitrogens is 1. The Kier molecular flexibility index (Phi) is 5.82. The summed E-state index contributed by atoms with van der Waals surface area (Å²) in [5.41, 5.74) is 2.19. The number of carbonyl (C=O) groups is 2. The third-order valence-corrected chi connectivity index (χ3v) is 5.08. The zero-order valence-electron chi connectivity index (χ0n) is 14.1. The van der Waals surface area contributed by atoms with Crippen LogP contribution >= 0.6 is 22.6 Å². The molecule has 0 aliphatic carbocycles. The molecule has 5 nitrogen and oxygen atoms in total. The lowest BCUT2D eigenvalue weighted by molar-refractivity contribution is -0.142. The highest BCUT2D eigenvalue weighted by Crippen LogP contribution is 2.16. The van der Waals surface area contributed by atoms with E-state index in [0.29, 0.717) is 12.0 Å². The zero-order valence-corrected chi connectivity index (χ0v) is 16.3. The van der Waals surface area contributed by atoms with Crippen LogP contribution in [-0.2, 0) is 16.0 Å². The molecule has 26 heavy (non-hydrogen) atoms. The molecule has 2 aromatic carbocycles. The molecule has 1 amide bonds. The Hall–Kier alpha value is -2.48. The minimum atomic E-state index is -0.769. The van der Waals surface area contributed by atoms with Crippen LogP contribution in [-0.4, -0.2) is 30.0 Å². The Bertz CT molecular complexity index is 958. The summed E-state index contributed by atoms with van der Waals surface area (Å²) < 4.78 is 5.89. The van der Waals surface area contributed by atoms with Gasteiger partial charge in [0.1, 0.15) is 6.04 Å². The van der Waals surface area contributed by atoms with Crippen molar-refractivity contribution in [2.75, 3.05) is 7.11 Å². The van der Waals surface area contributed by atoms with Gasteiger partial charge in [-0.15, -0.1) is 0 Å². The fourth-order valence-corrected chi connectivity index (χ4v) is 3.26. The van der Waals surface area contributed by atoms with Crippen LogP contribution in [0, 0.1) is 3.57 Å². The van der Waals surface area contributed by atoms with Crippen LogP contribution in [0.5, 0.6) is 0 Å². The van der Waals surface area contributed by atoms with E-state index >= 15 is 0 Å². The molecule has 0 aliphatic rings. The Labute approximate surface area is 164 Å². The minimum absolute atomic E-state index is 0.357. The quantitative estimate of drug-likeness (QED) is 0.469. The van der Waals surface area contributed by atoms with Gasteiger partial charge in [0.2, 0.25) is 0 Å².